The van der Waals surface area contributed by atoms with Gasteiger partial charge in [-0.25, -0.2) is 0 Å². The first-order valence-corrected chi connectivity index (χ1v) is 8.48. The monoisotopic (exact) mass is 311 g/mol. The summed E-state index contributed by atoms with van der Waals surface area (Å²) < 4.78 is 1.81. The molecule has 2 aromatic rings. The Labute approximate surface area is 138 Å². The summed E-state index contributed by atoms with van der Waals surface area (Å²) in [4.78, 5) is 14.8. The highest BCUT2D eigenvalue weighted by Gasteiger charge is 2.31. The average molecular weight is 311 g/mol. The van der Waals surface area contributed by atoms with Crippen LogP contribution in [0.15, 0.2) is 36.4 Å². The zero-order valence-corrected chi connectivity index (χ0v) is 14.2. The van der Waals surface area contributed by atoms with Crippen molar-refractivity contribution in [3.05, 3.63) is 53.3 Å². The van der Waals surface area contributed by atoms with Gasteiger partial charge in [0.25, 0.3) is 5.91 Å². The van der Waals surface area contributed by atoms with Gasteiger partial charge < -0.3 is 4.90 Å². The van der Waals surface area contributed by atoms with Gasteiger partial charge in [-0.2, -0.15) is 5.10 Å². The molecule has 23 heavy (non-hydrogen) atoms. The number of carbonyl (C=O) groups is 1. The lowest BCUT2D eigenvalue weighted by Crippen LogP contribution is -2.42. The molecule has 1 saturated heterocycles. The Balaban J connectivity index is 1.73. The van der Waals surface area contributed by atoms with Crippen LogP contribution in [-0.2, 0) is 6.54 Å². The van der Waals surface area contributed by atoms with E-state index in [-0.39, 0.29) is 5.91 Å². The molecular formula is C19H25N3O. The molecule has 122 valence electrons. The molecule has 4 nitrogen and oxygen atoms in total. The summed E-state index contributed by atoms with van der Waals surface area (Å²) in [5.41, 5.74) is 3.01. The number of aromatic nitrogens is 2. The summed E-state index contributed by atoms with van der Waals surface area (Å²) >= 11 is 0. The van der Waals surface area contributed by atoms with E-state index < -0.39 is 0 Å². The van der Waals surface area contributed by atoms with E-state index in [1.165, 1.54) is 5.56 Å². The van der Waals surface area contributed by atoms with E-state index in [4.69, 9.17) is 0 Å². The molecule has 3 rings (SSSR count). The van der Waals surface area contributed by atoms with Gasteiger partial charge >= 0.3 is 0 Å². The van der Waals surface area contributed by atoms with Crippen LogP contribution in [-0.4, -0.2) is 33.7 Å². The van der Waals surface area contributed by atoms with Crippen molar-refractivity contribution in [1.82, 2.24) is 14.7 Å². The Bertz CT molecular complexity index is 677. The fourth-order valence-electron chi connectivity index (χ4n) is 3.65. The van der Waals surface area contributed by atoms with E-state index in [0.717, 1.165) is 37.4 Å². The van der Waals surface area contributed by atoms with E-state index in [1.807, 2.05) is 29.5 Å². The number of hydrogen-bond donors (Lipinski definition) is 0. The first-order valence-electron chi connectivity index (χ1n) is 8.48. The summed E-state index contributed by atoms with van der Waals surface area (Å²) in [5.74, 6) is 1.12. The lowest BCUT2D eigenvalue weighted by Gasteiger charge is -2.37. The number of hydrogen-bond acceptors (Lipinski definition) is 2. The molecule has 1 aromatic carbocycles. The van der Waals surface area contributed by atoms with Gasteiger partial charge in [0.15, 0.2) is 0 Å². The van der Waals surface area contributed by atoms with Crippen molar-refractivity contribution in [2.45, 2.75) is 39.7 Å². The molecule has 1 amide bonds. The van der Waals surface area contributed by atoms with Crippen molar-refractivity contribution in [3.8, 4) is 0 Å². The molecule has 0 N–H and O–H groups in total. The molecule has 0 spiro atoms. The molecule has 2 unspecified atom stereocenters. The van der Waals surface area contributed by atoms with Crippen LogP contribution in [0.2, 0.25) is 0 Å². The van der Waals surface area contributed by atoms with E-state index in [2.05, 4.69) is 42.4 Å². The van der Waals surface area contributed by atoms with Crippen LogP contribution in [0, 0.1) is 12.8 Å². The molecule has 1 fully saturated rings. The third kappa shape index (κ3) is 3.16. The van der Waals surface area contributed by atoms with Crippen LogP contribution in [0.4, 0.5) is 0 Å². The molecule has 0 radical (unpaired) electrons. The first-order chi connectivity index (χ1) is 11.1. The molecule has 0 saturated carbocycles. The molecular weight excluding hydrogens is 286 g/mol. The molecule has 4 heteroatoms. The minimum Gasteiger partial charge on any atom is -0.337 e. The number of likely N-dealkylation sites (tertiary alicyclic amines) is 1. The standard InChI is InChI=1S/C19H25N3O/c1-4-22-18(12-15(3)20-22)19(23)21-11-10-17(14(2)13-21)16-8-6-5-7-9-16/h5-9,12,14,17H,4,10-11,13H2,1-3H3. The predicted molar refractivity (Wildman–Crippen MR) is 91.5 cm³/mol. The predicted octanol–water partition coefficient (Wildman–Crippen LogP) is 3.48. The van der Waals surface area contributed by atoms with Gasteiger partial charge in [-0.3, -0.25) is 9.48 Å². The fraction of sp³-hybridized carbons (Fsp3) is 0.474. The van der Waals surface area contributed by atoms with Gasteiger partial charge in [-0.1, -0.05) is 37.3 Å². The third-order valence-corrected chi connectivity index (χ3v) is 4.84. The number of carbonyl (C=O) groups excluding carboxylic acids is 1. The third-order valence-electron chi connectivity index (χ3n) is 4.84. The van der Waals surface area contributed by atoms with Crippen molar-refractivity contribution in [2.75, 3.05) is 13.1 Å². The summed E-state index contributed by atoms with van der Waals surface area (Å²) in [5, 5.41) is 4.40. The van der Waals surface area contributed by atoms with Crippen LogP contribution in [0.5, 0.6) is 0 Å². The minimum absolute atomic E-state index is 0.116. The van der Waals surface area contributed by atoms with Crippen LogP contribution in [0.3, 0.4) is 0 Å². The van der Waals surface area contributed by atoms with E-state index >= 15 is 0 Å². The topological polar surface area (TPSA) is 38.1 Å². The second kappa shape index (κ2) is 6.57. The fourth-order valence-corrected chi connectivity index (χ4v) is 3.65. The number of amides is 1. The van der Waals surface area contributed by atoms with Gasteiger partial charge in [0.05, 0.1) is 5.69 Å². The number of nitrogens with zero attached hydrogens (tertiary/aromatic N) is 3. The van der Waals surface area contributed by atoms with Crippen LogP contribution in [0.1, 0.15) is 47.9 Å². The van der Waals surface area contributed by atoms with E-state index in [0.29, 0.717) is 11.8 Å². The Morgan fingerprint density at radius 1 is 1.30 bits per heavy atom. The number of rotatable bonds is 3. The van der Waals surface area contributed by atoms with Gasteiger partial charge in [0.1, 0.15) is 5.69 Å². The summed E-state index contributed by atoms with van der Waals surface area (Å²) in [6.45, 7) is 8.56. The van der Waals surface area contributed by atoms with E-state index in [1.54, 1.807) is 0 Å². The smallest absolute Gasteiger partial charge is 0.272 e. The van der Waals surface area contributed by atoms with Crippen LogP contribution in [0.25, 0.3) is 0 Å². The molecule has 1 aromatic heterocycles. The second-order valence-electron chi connectivity index (χ2n) is 6.52. The highest BCUT2D eigenvalue weighted by atomic mass is 16.2. The van der Waals surface area contributed by atoms with Gasteiger partial charge in [0.2, 0.25) is 0 Å². The van der Waals surface area contributed by atoms with Crippen molar-refractivity contribution >= 4 is 5.91 Å². The largest absolute Gasteiger partial charge is 0.337 e. The maximum Gasteiger partial charge on any atom is 0.272 e. The molecule has 0 bridgehead atoms. The molecule has 2 heterocycles. The Kier molecular flexibility index (Phi) is 4.51. The maximum atomic E-state index is 12.8. The van der Waals surface area contributed by atoms with E-state index in [9.17, 15) is 4.79 Å². The zero-order valence-electron chi connectivity index (χ0n) is 14.2. The van der Waals surface area contributed by atoms with Crippen LogP contribution < -0.4 is 0 Å². The Hall–Kier alpha value is -2.10. The van der Waals surface area contributed by atoms with Crippen molar-refractivity contribution in [1.29, 1.82) is 0 Å². The lowest BCUT2D eigenvalue weighted by molar-refractivity contribution is 0.0648. The highest BCUT2D eigenvalue weighted by molar-refractivity contribution is 5.92. The van der Waals surface area contributed by atoms with Gasteiger partial charge in [-0.15, -0.1) is 0 Å². The first kappa shape index (κ1) is 15.8. The zero-order chi connectivity index (χ0) is 16.4. The number of piperidine rings is 1. The number of aryl methyl sites for hydroxylation is 2. The van der Waals surface area contributed by atoms with Gasteiger partial charge in [0, 0.05) is 19.6 Å². The van der Waals surface area contributed by atoms with Crippen molar-refractivity contribution < 1.29 is 4.79 Å². The lowest BCUT2D eigenvalue weighted by atomic mass is 9.81. The average Bonchev–Trinajstić information content (AvgIpc) is 2.96. The summed E-state index contributed by atoms with van der Waals surface area (Å²) in [6.07, 6.45) is 1.02. The molecule has 0 aliphatic carbocycles. The Morgan fingerprint density at radius 3 is 2.70 bits per heavy atom. The Morgan fingerprint density at radius 2 is 2.04 bits per heavy atom. The quantitative estimate of drug-likeness (QED) is 0.870. The van der Waals surface area contributed by atoms with Crippen molar-refractivity contribution in [2.24, 2.45) is 5.92 Å². The SMILES string of the molecule is CCn1nc(C)cc1C(=O)N1CCC(c2ccccc2)C(C)C1. The highest BCUT2D eigenvalue weighted by Crippen LogP contribution is 2.33. The molecule has 2 atom stereocenters. The normalized spacial score (nSPS) is 21.4. The molecule has 1 aliphatic rings. The van der Waals surface area contributed by atoms with Gasteiger partial charge in [-0.05, 0) is 43.7 Å². The minimum atomic E-state index is 0.116. The summed E-state index contributed by atoms with van der Waals surface area (Å²) in [6, 6.07) is 12.6. The maximum absolute atomic E-state index is 12.8. The number of benzene rings is 1. The summed E-state index contributed by atoms with van der Waals surface area (Å²) in [7, 11) is 0. The van der Waals surface area contributed by atoms with Crippen LogP contribution >= 0.6 is 0 Å². The second-order valence-corrected chi connectivity index (χ2v) is 6.52. The molecule has 1 aliphatic heterocycles. The van der Waals surface area contributed by atoms with Crippen molar-refractivity contribution in [3.63, 3.8) is 0 Å².